The van der Waals surface area contributed by atoms with E-state index in [2.05, 4.69) is 0 Å². The number of benzene rings is 2. The zero-order valence-electron chi connectivity index (χ0n) is 17.3. The Balaban J connectivity index is 1.96. The van der Waals surface area contributed by atoms with Crippen molar-refractivity contribution in [2.24, 2.45) is 5.73 Å². The lowest BCUT2D eigenvalue weighted by molar-refractivity contribution is 0.471. The molecule has 0 radical (unpaired) electrons. The maximum absolute atomic E-state index is 13.6. The van der Waals surface area contributed by atoms with Crippen molar-refractivity contribution in [1.29, 1.82) is 0 Å². The van der Waals surface area contributed by atoms with Gasteiger partial charge in [-0.15, -0.1) is 0 Å². The minimum atomic E-state index is -3.50. The third-order valence-corrected chi connectivity index (χ3v) is 7.41. The van der Waals surface area contributed by atoms with Crippen LogP contribution < -0.4 is 14.4 Å². The number of aryl methyl sites for hydroxylation is 1. The molecular weight excluding hydrogens is 403 g/mol. The summed E-state index contributed by atoms with van der Waals surface area (Å²) in [6.45, 7) is 4.24. The summed E-state index contributed by atoms with van der Waals surface area (Å²) in [5.41, 5.74) is 7.97. The van der Waals surface area contributed by atoms with Crippen LogP contribution in [-0.4, -0.2) is 27.3 Å². The predicted octanol–water partition coefficient (Wildman–Crippen LogP) is 4.64. The van der Waals surface area contributed by atoms with Gasteiger partial charge in [0.2, 0.25) is 0 Å². The summed E-state index contributed by atoms with van der Waals surface area (Å²) >= 11 is 0. The van der Waals surface area contributed by atoms with Crippen molar-refractivity contribution >= 4 is 15.7 Å². The van der Waals surface area contributed by atoms with E-state index in [4.69, 9.17) is 10.5 Å². The minimum Gasteiger partial charge on any atom is -0.457 e. The lowest BCUT2D eigenvalue weighted by atomic mass is 10.1. The first-order valence-corrected chi connectivity index (χ1v) is 11.7. The Morgan fingerprint density at radius 1 is 1.13 bits per heavy atom. The van der Waals surface area contributed by atoms with Gasteiger partial charge in [-0.2, -0.15) is 12.3 Å². The molecule has 0 spiro atoms. The third kappa shape index (κ3) is 4.33. The highest BCUT2D eigenvalue weighted by Gasteiger charge is 2.42. The van der Waals surface area contributed by atoms with E-state index in [1.54, 1.807) is 43.5 Å². The summed E-state index contributed by atoms with van der Waals surface area (Å²) in [5.74, 6) is 0.870. The molecule has 0 aromatic heterocycles. The number of nitrogens with zero attached hydrogens (tertiary/aromatic N) is 1. The second-order valence-electron chi connectivity index (χ2n) is 7.26. The van der Waals surface area contributed by atoms with Gasteiger partial charge in [0.1, 0.15) is 30.1 Å². The Kier molecular flexibility index (Phi) is 6.75. The van der Waals surface area contributed by atoms with Gasteiger partial charge in [0.25, 0.3) is 0 Å². The average Bonchev–Trinajstić information content (AvgIpc) is 2.76. The van der Waals surface area contributed by atoms with Gasteiger partial charge in [-0.05, 0) is 55.3 Å². The highest BCUT2D eigenvalue weighted by atomic mass is 32.2. The topological polar surface area (TPSA) is 69.4 Å². The zero-order chi connectivity index (χ0) is 21.8. The summed E-state index contributed by atoms with van der Waals surface area (Å²) in [6.07, 6.45) is 7.00. The Labute approximate surface area is 177 Å². The summed E-state index contributed by atoms with van der Waals surface area (Å²) < 4.78 is 45.4. The highest BCUT2D eigenvalue weighted by Crippen LogP contribution is 2.35. The highest BCUT2D eigenvalue weighted by molar-refractivity contribution is 7.91. The van der Waals surface area contributed by atoms with Crippen molar-refractivity contribution in [2.75, 3.05) is 18.8 Å². The van der Waals surface area contributed by atoms with Crippen LogP contribution in [0, 0.1) is 5.82 Å². The first-order chi connectivity index (χ1) is 14.3. The molecule has 0 amide bonds. The van der Waals surface area contributed by atoms with Crippen LogP contribution in [0.25, 0.3) is 0 Å². The molecule has 0 fully saturated rings. The van der Waals surface area contributed by atoms with E-state index in [1.807, 2.05) is 19.1 Å². The number of hydrogen-bond donors (Lipinski definition) is 1. The van der Waals surface area contributed by atoms with Gasteiger partial charge in [-0.3, -0.25) is 0 Å². The van der Waals surface area contributed by atoms with E-state index >= 15 is 0 Å². The Bertz CT molecular complexity index is 1060. The van der Waals surface area contributed by atoms with Crippen LogP contribution in [0.3, 0.4) is 0 Å². The van der Waals surface area contributed by atoms with Crippen molar-refractivity contribution in [3.05, 3.63) is 77.8 Å². The molecule has 2 aromatic rings. The molecule has 1 atom stereocenters. The smallest absolute Gasteiger partial charge is 0.306 e. The molecular formula is C23H28FN2O3S+. The SMILES string of the molecule is CCCc1cc(F)ccc1Oc1ccc([N+]2(S(=O)(=O)CC)C=C(CN)C=CC2)cc1. The summed E-state index contributed by atoms with van der Waals surface area (Å²) in [6, 6.07) is 11.5. The molecule has 0 saturated heterocycles. The van der Waals surface area contributed by atoms with Crippen molar-refractivity contribution in [3.63, 3.8) is 0 Å². The maximum atomic E-state index is 13.6. The molecule has 2 N–H and O–H groups in total. The van der Waals surface area contributed by atoms with E-state index in [0.29, 0.717) is 30.2 Å². The van der Waals surface area contributed by atoms with Crippen molar-refractivity contribution in [1.82, 2.24) is 3.89 Å². The van der Waals surface area contributed by atoms with Gasteiger partial charge in [0.15, 0.2) is 5.69 Å². The second kappa shape index (κ2) is 9.12. The van der Waals surface area contributed by atoms with Gasteiger partial charge in [-0.1, -0.05) is 19.4 Å². The van der Waals surface area contributed by atoms with Gasteiger partial charge >= 0.3 is 10.0 Å². The summed E-state index contributed by atoms with van der Waals surface area (Å²) in [5, 5.41) is 0. The van der Waals surface area contributed by atoms with Crippen molar-refractivity contribution in [2.45, 2.75) is 26.7 Å². The first-order valence-electron chi connectivity index (χ1n) is 10.1. The molecule has 2 aromatic carbocycles. The normalized spacial score (nSPS) is 18.9. The largest absolute Gasteiger partial charge is 0.457 e. The molecule has 160 valence electrons. The van der Waals surface area contributed by atoms with Crippen LogP contribution in [0.1, 0.15) is 25.8 Å². The number of rotatable bonds is 8. The number of hydrogen-bond acceptors (Lipinski definition) is 4. The van der Waals surface area contributed by atoms with E-state index in [1.165, 1.54) is 12.1 Å². The fourth-order valence-electron chi connectivity index (χ4n) is 3.62. The maximum Gasteiger partial charge on any atom is 0.306 e. The van der Waals surface area contributed by atoms with E-state index in [0.717, 1.165) is 17.6 Å². The van der Waals surface area contributed by atoms with Crippen LogP contribution in [-0.2, 0) is 16.4 Å². The van der Waals surface area contributed by atoms with E-state index < -0.39 is 10.0 Å². The molecule has 0 saturated carbocycles. The molecule has 5 nitrogen and oxygen atoms in total. The Morgan fingerprint density at radius 3 is 2.50 bits per heavy atom. The number of ether oxygens (including phenoxy) is 1. The standard InChI is InChI=1S/C23H28FN2O3S/c1-3-6-19-15-20(24)8-13-23(19)29-22-11-9-21(10-12-22)26(30(27,28)4-2)14-5-7-18(16-25)17-26/h5,7-13,15,17H,3-4,6,14,16,25H2,1-2H3/q+1. The second-order valence-corrected chi connectivity index (χ2v) is 9.65. The predicted molar refractivity (Wildman–Crippen MR) is 119 cm³/mol. The summed E-state index contributed by atoms with van der Waals surface area (Å²) in [4.78, 5) is 0. The zero-order valence-corrected chi connectivity index (χ0v) is 18.2. The first kappa shape index (κ1) is 22.2. The number of halogens is 1. The van der Waals surface area contributed by atoms with Crippen LogP contribution >= 0.6 is 0 Å². The van der Waals surface area contributed by atoms with Crippen LogP contribution in [0.5, 0.6) is 11.5 Å². The lowest BCUT2D eigenvalue weighted by Crippen LogP contribution is -2.51. The molecule has 1 heterocycles. The average molecular weight is 432 g/mol. The monoisotopic (exact) mass is 431 g/mol. The van der Waals surface area contributed by atoms with Crippen LogP contribution in [0.4, 0.5) is 10.1 Å². The molecule has 0 bridgehead atoms. The fraction of sp³-hybridized carbons (Fsp3) is 0.304. The van der Waals surface area contributed by atoms with Gasteiger partial charge in [0, 0.05) is 24.3 Å². The van der Waals surface area contributed by atoms with Crippen molar-refractivity contribution < 1.29 is 17.5 Å². The Morgan fingerprint density at radius 2 is 1.87 bits per heavy atom. The molecule has 0 aliphatic carbocycles. The van der Waals surface area contributed by atoms with Gasteiger partial charge in [-0.25, -0.2) is 4.39 Å². The van der Waals surface area contributed by atoms with Crippen molar-refractivity contribution in [3.8, 4) is 11.5 Å². The van der Waals surface area contributed by atoms with E-state index in [9.17, 15) is 12.8 Å². The quantitative estimate of drug-likeness (QED) is 0.618. The summed E-state index contributed by atoms with van der Waals surface area (Å²) in [7, 11) is -3.50. The van der Waals surface area contributed by atoms with Crippen LogP contribution in [0.15, 0.2) is 66.4 Å². The molecule has 30 heavy (non-hydrogen) atoms. The van der Waals surface area contributed by atoms with E-state index in [-0.39, 0.29) is 22.0 Å². The Hall–Kier alpha value is -2.48. The molecule has 1 unspecified atom stereocenters. The fourth-order valence-corrected chi connectivity index (χ4v) is 5.13. The van der Waals surface area contributed by atoms with Gasteiger partial charge < -0.3 is 10.5 Å². The number of sulfonamides is 1. The molecule has 1 aliphatic heterocycles. The number of nitrogens with two attached hydrogens (primary N) is 1. The molecule has 3 rings (SSSR count). The molecule has 7 heteroatoms. The number of quaternary nitrogens is 1. The van der Waals surface area contributed by atoms with Gasteiger partial charge in [0.05, 0.1) is 5.75 Å². The molecule has 1 aliphatic rings. The van der Waals surface area contributed by atoms with Crippen LogP contribution in [0.2, 0.25) is 0 Å². The minimum absolute atomic E-state index is 0.00337. The lowest BCUT2D eigenvalue weighted by Gasteiger charge is -2.34. The third-order valence-electron chi connectivity index (χ3n) is 5.22.